The molecule has 1 amide bonds. The highest BCUT2D eigenvalue weighted by Gasteiger charge is 2.15. The largest absolute Gasteiger partial charge is 0.346 e. The number of aromatic nitrogens is 2. The molecule has 2 aromatic heterocycles. The summed E-state index contributed by atoms with van der Waals surface area (Å²) in [6.07, 6.45) is 11.8. The predicted molar refractivity (Wildman–Crippen MR) is 85.1 cm³/mol. The minimum absolute atomic E-state index is 0.207. The van der Waals surface area contributed by atoms with Crippen LogP contribution in [-0.4, -0.2) is 15.5 Å². The molecule has 1 aliphatic carbocycles. The first-order valence-electron chi connectivity index (χ1n) is 7.64. The molecule has 0 aromatic carbocycles. The Bertz CT molecular complexity index is 653. The first kappa shape index (κ1) is 13.9. The summed E-state index contributed by atoms with van der Waals surface area (Å²) in [5.74, 6) is 0.558. The van der Waals surface area contributed by atoms with Crippen molar-refractivity contribution in [3.05, 3.63) is 37.2 Å². The predicted octanol–water partition coefficient (Wildman–Crippen LogP) is 3.74. The van der Waals surface area contributed by atoms with Gasteiger partial charge in [-0.3, -0.25) is 9.78 Å². The molecule has 4 nitrogen and oxygen atoms in total. The molecular weight excluding hydrogens is 262 g/mol. The van der Waals surface area contributed by atoms with Crippen molar-refractivity contribution in [1.29, 1.82) is 0 Å². The Morgan fingerprint density at radius 1 is 1.43 bits per heavy atom. The van der Waals surface area contributed by atoms with Crippen LogP contribution < -0.4 is 5.32 Å². The van der Waals surface area contributed by atoms with E-state index in [2.05, 4.69) is 27.6 Å². The van der Waals surface area contributed by atoms with Crippen molar-refractivity contribution < 1.29 is 4.79 Å². The lowest BCUT2D eigenvalue weighted by atomic mass is 9.89. The molecule has 0 saturated heterocycles. The van der Waals surface area contributed by atoms with Gasteiger partial charge in [-0.15, -0.1) is 0 Å². The van der Waals surface area contributed by atoms with Gasteiger partial charge in [-0.25, -0.2) is 0 Å². The van der Waals surface area contributed by atoms with E-state index in [4.69, 9.17) is 0 Å². The molecule has 2 heterocycles. The number of rotatable bonds is 4. The van der Waals surface area contributed by atoms with Crippen molar-refractivity contribution in [2.75, 3.05) is 5.32 Å². The third kappa shape index (κ3) is 3.15. The fourth-order valence-electron chi connectivity index (χ4n) is 3.13. The van der Waals surface area contributed by atoms with Crippen molar-refractivity contribution in [2.45, 2.75) is 38.6 Å². The summed E-state index contributed by atoms with van der Waals surface area (Å²) in [4.78, 5) is 15.8. The number of carbonyl (C=O) groups excluding carboxylic acids is 1. The Morgan fingerprint density at radius 2 is 2.24 bits per heavy atom. The molecule has 3 rings (SSSR count). The van der Waals surface area contributed by atoms with Gasteiger partial charge in [-0.1, -0.05) is 25.8 Å². The molecule has 0 radical (unpaired) electrons. The van der Waals surface area contributed by atoms with Gasteiger partial charge in [0.2, 0.25) is 5.91 Å². The second kappa shape index (κ2) is 6.12. The Hall–Kier alpha value is -2.10. The van der Waals surface area contributed by atoms with E-state index >= 15 is 0 Å². The maximum atomic E-state index is 11.4. The summed E-state index contributed by atoms with van der Waals surface area (Å²) in [5, 5.41) is 2.77. The Labute approximate surface area is 124 Å². The number of nitrogens with zero attached hydrogens (tertiary/aromatic N) is 2. The lowest BCUT2D eigenvalue weighted by Gasteiger charge is -2.22. The monoisotopic (exact) mass is 283 g/mol. The summed E-state index contributed by atoms with van der Waals surface area (Å²) in [5.41, 5.74) is 2.78. The highest BCUT2D eigenvalue weighted by Crippen LogP contribution is 2.27. The summed E-state index contributed by atoms with van der Waals surface area (Å²) in [7, 11) is 0. The van der Waals surface area contributed by atoms with Crippen molar-refractivity contribution in [1.82, 2.24) is 9.55 Å². The fraction of sp³-hybridized carbons (Fsp3) is 0.412. The average Bonchev–Trinajstić information content (AvgIpc) is 2.91. The van der Waals surface area contributed by atoms with Crippen LogP contribution in [0.1, 0.15) is 32.1 Å². The smallest absolute Gasteiger partial charge is 0.247 e. The van der Waals surface area contributed by atoms with E-state index in [1.807, 2.05) is 12.1 Å². The SMILES string of the molecule is C=CC(=O)Nc1cnc2ccn(CC3CCCCC3)c2c1. The number of fused-ring (bicyclic) bond motifs is 1. The first-order chi connectivity index (χ1) is 10.3. The number of nitrogens with one attached hydrogen (secondary N) is 1. The van der Waals surface area contributed by atoms with Gasteiger partial charge in [-0.05, 0) is 37.0 Å². The zero-order chi connectivity index (χ0) is 14.7. The molecule has 21 heavy (non-hydrogen) atoms. The van der Waals surface area contributed by atoms with Gasteiger partial charge in [0.25, 0.3) is 0 Å². The van der Waals surface area contributed by atoms with Gasteiger partial charge in [-0.2, -0.15) is 0 Å². The van der Waals surface area contributed by atoms with Crippen LogP contribution in [0.15, 0.2) is 37.2 Å². The highest BCUT2D eigenvalue weighted by atomic mass is 16.1. The van der Waals surface area contributed by atoms with Crippen molar-refractivity contribution in [2.24, 2.45) is 5.92 Å². The molecular formula is C17H21N3O. The van der Waals surface area contributed by atoms with Crippen LogP contribution in [-0.2, 0) is 11.3 Å². The van der Waals surface area contributed by atoms with E-state index in [-0.39, 0.29) is 5.91 Å². The molecule has 2 aromatic rings. The number of pyridine rings is 1. The lowest BCUT2D eigenvalue weighted by molar-refractivity contribution is -0.111. The number of hydrogen-bond acceptors (Lipinski definition) is 2. The standard InChI is InChI=1S/C17H21N3O/c1-2-17(21)19-14-10-16-15(18-11-14)8-9-20(16)12-13-6-4-3-5-7-13/h2,8-11,13H,1,3-7,12H2,(H,19,21). The molecule has 0 spiro atoms. The second-order valence-corrected chi connectivity index (χ2v) is 5.79. The van der Waals surface area contributed by atoms with Gasteiger partial charge in [0.05, 0.1) is 22.9 Å². The summed E-state index contributed by atoms with van der Waals surface area (Å²) in [6, 6.07) is 4.03. The molecule has 1 N–H and O–H groups in total. The van der Waals surface area contributed by atoms with E-state index in [1.54, 1.807) is 6.20 Å². The molecule has 4 heteroatoms. The Kier molecular flexibility index (Phi) is 4.04. The Morgan fingerprint density at radius 3 is 3.00 bits per heavy atom. The number of carbonyl (C=O) groups is 1. The van der Waals surface area contributed by atoms with E-state index < -0.39 is 0 Å². The zero-order valence-corrected chi connectivity index (χ0v) is 12.2. The fourth-order valence-corrected chi connectivity index (χ4v) is 3.13. The van der Waals surface area contributed by atoms with E-state index in [9.17, 15) is 4.79 Å². The molecule has 0 bridgehead atoms. The van der Waals surface area contributed by atoms with Gasteiger partial charge in [0.15, 0.2) is 0 Å². The summed E-state index contributed by atoms with van der Waals surface area (Å²) >= 11 is 0. The minimum atomic E-state index is -0.207. The van der Waals surface area contributed by atoms with Gasteiger partial charge in [0, 0.05) is 12.7 Å². The third-order valence-corrected chi connectivity index (χ3v) is 4.25. The highest BCUT2D eigenvalue weighted by molar-refractivity contribution is 5.99. The van der Waals surface area contributed by atoms with Crippen LogP contribution in [0.2, 0.25) is 0 Å². The minimum Gasteiger partial charge on any atom is -0.346 e. The quantitative estimate of drug-likeness (QED) is 0.869. The van der Waals surface area contributed by atoms with Crippen LogP contribution in [0.3, 0.4) is 0 Å². The number of anilines is 1. The van der Waals surface area contributed by atoms with Crippen LogP contribution in [0.4, 0.5) is 5.69 Å². The van der Waals surface area contributed by atoms with Crippen LogP contribution in [0.5, 0.6) is 0 Å². The Balaban J connectivity index is 1.83. The molecule has 0 atom stereocenters. The van der Waals surface area contributed by atoms with Crippen LogP contribution >= 0.6 is 0 Å². The number of hydrogen-bond donors (Lipinski definition) is 1. The molecule has 0 aliphatic heterocycles. The average molecular weight is 283 g/mol. The molecule has 0 unspecified atom stereocenters. The van der Waals surface area contributed by atoms with Crippen LogP contribution in [0, 0.1) is 5.92 Å². The molecule has 1 aliphatic rings. The summed E-state index contributed by atoms with van der Waals surface area (Å²) in [6.45, 7) is 4.51. The van der Waals surface area contributed by atoms with Gasteiger partial charge < -0.3 is 9.88 Å². The lowest BCUT2D eigenvalue weighted by Crippen LogP contribution is -2.13. The first-order valence-corrected chi connectivity index (χ1v) is 7.64. The second-order valence-electron chi connectivity index (χ2n) is 5.79. The van der Waals surface area contributed by atoms with Gasteiger partial charge in [0.1, 0.15) is 0 Å². The number of amides is 1. The van der Waals surface area contributed by atoms with Crippen LogP contribution in [0.25, 0.3) is 11.0 Å². The maximum absolute atomic E-state index is 11.4. The maximum Gasteiger partial charge on any atom is 0.247 e. The molecule has 1 saturated carbocycles. The van der Waals surface area contributed by atoms with E-state index in [0.717, 1.165) is 29.2 Å². The zero-order valence-electron chi connectivity index (χ0n) is 12.2. The third-order valence-electron chi connectivity index (χ3n) is 4.25. The summed E-state index contributed by atoms with van der Waals surface area (Å²) < 4.78 is 2.27. The van der Waals surface area contributed by atoms with Crippen molar-refractivity contribution >= 4 is 22.6 Å². The van der Waals surface area contributed by atoms with E-state index in [1.165, 1.54) is 38.2 Å². The van der Waals surface area contributed by atoms with E-state index in [0.29, 0.717) is 0 Å². The molecule has 1 fully saturated rings. The van der Waals surface area contributed by atoms with Crippen molar-refractivity contribution in [3.8, 4) is 0 Å². The van der Waals surface area contributed by atoms with Gasteiger partial charge >= 0.3 is 0 Å². The topological polar surface area (TPSA) is 46.9 Å². The van der Waals surface area contributed by atoms with Crippen molar-refractivity contribution in [3.63, 3.8) is 0 Å². The molecule has 110 valence electrons. The normalized spacial score (nSPS) is 16.0.